The Balaban J connectivity index is 4.30. The summed E-state index contributed by atoms with van der Waals surface area (Å²) in [6, 6.07) is 0. The molecular formula is C21H45NO. The van der Waals surface area contributed by atoms with Crippen molar-refractivity contribution in [3.05, 3.63) is 0 Å². The second kappa shape index (κ2) is 8.34. The lowest BCUT2D eigenvalue weighted by atomic mass is 9.84. The number of hydrogen-bond donors (Lipinski definition) is 0. The van der Waals surface area contributed by atoms with Crippen LogP contribution in [0.3, 0.4) is 0 Å². The molecule has 0 rings (SSSR count). The van der Waals surface area contributed by atoms with Crippen LogP contribution in [0.25, 0.3) is 0 Å². The van der Waals surface area contributed by atoms with Crippen molar-refractivity contribution in [3.63, 3.8) is 0 Å². The Hall–Kier alpha value is -0.0800. The third-order valence-corrected chi connectivity index (χ3v) is 5.25. The van der Waals surface area contributed by atoms with Crippen LogP contribution in [0, 0.1) is 10.8 Å². The Morgan fingerprint density at radius 2 is 1.30 bits per heavy atom. The molecule has 0 bridgehead atoms. The largest absolute Gasteiger partial charge is 0.375 e. The summed E-state index contributed by atoms with van der Waals surface area (Å²) in [6.07, 6.45) is 4.77. The Morgan fingerprint density at radius 1 is 0.783 bits per heavy atom. The van der Waals surface area contributed by atoms with Crippen molar-refractivity contribution in [3.8, 4) is 0 Å². The molecule has 0 saturated heterocycles. The number of rotatable bonds is 10. The van der Waals surface area contributed by atoms with Crippen molar-refractivity contribution in [1.29, 1.82) is 0 Å². The van der Waals surface area contributed by atoms with Crippen LogP contribution in [0.2, 0.25) is 0 Å². The lowest BCUT2D eigenvalue weighted by Crippen LogP contribution is -2.43. The lowest BCUT2D eigenvalue weighted by Gasteiger charge is -2.39. The summed E-state index contributed by atoms with van der Waals surface area (Å²) in [6.45, 7) is 24.9. The van der Waals surface area contributed by atoms with E-state index in [4.69, 9.17) is 4.74 Å². The highest BCUT2D eigenvalue weighted by Gasteiger charge is 2.28. The van der Waals surface area contributed by atoms with Gasteiger partial charge in [-0.3, -0.25) is 0 Å². The summed E-state index contributed by atoms with van der Waals surface area (Å²) < 4.78 is 6.22. The topological polar surface area (TPSA) is 12.5 Å². The summed E-state index contributed by atoms with van der Waals surface area (Å²) in [5.74, 6) is 0. The molecule has 0 atom stereocenters. The molecule has 0 fully saturated rings. The predicted molar refractivity (Wildman–Crippen MR) is 104 cm³/mol. The molecule has 0 saturated carbocycles. The molecular weight excluding hydrogens is 282 g/mol. The third-order valence-electron chi connectivity index (χ3n) is 5.25. The maximum atomic E-state index is 6.22. The monoisotopic (exact) mass is 327 g/mol. The molecule has 0 spiro atoms. The van der Waals surface area contributed by atoms with Crippen LogP contribution in [-0.4, -0.2) is 36.2 Å². The first kappa shape index (κ1) is 22.9. The van der Waals surface area contributed by atoms with Crippen LogP contribution < -0.4 is 0 Å². The minimum Gasteiger partial charge on any atom is -0.375 e. The van der Waals surface area contributed by atoms with E-state index in [9.17, 15) is 0 Å². The van der Waals surface area contributed by atoms with Gasteiger partial charge < -0.3 is 9.64 Å². The summed E-state index contributed by atoms with van der Waals surface area (Å²) in [5.41, 5.74) is 0.858. The zero-order chi connectivity index (χ0) is 18.5. The van der Waals surface area contributed by atoms with E-state index in [2.05, 4.69) is 81.2 Å². The van der Waals surface area contributed by atoms with Gasteiger partial charge in [0.05, 0.1) is 12.2 Å². The fourth-order valence-corrected chi connectivity index (χ4v) is 2.52. The second-order valence-corrected chi connectivity index (χ2v) is 10.6. The Bertz CT molecular complexity index is 336. The van der Waals surface area contributed by atoms with Crippen molar-refractivity contribution in [2.45, 2.75) is 106 Å². The van der Waals surface area contributed by atoms with Crippen LogP contribution in [-0.2, 0) is 4.74 Å². The van der Waals surface area contributed by atoms with Gasteiger partial charge >= 0.3 is 0 Å². The highest BCUT2D eigenvalue weighted by atomic mass is 16.5. The van der Waals surface area contributed by atoms with E-state index in [1.165, 1.54) is 12.8 Å². The van der Waals surface area contributed by atoms with Gasteiger partial charge in [0.2, 0.25) is 0 Å². The fraction of sp³-hybridized carbons (Fsp3) is 1.00. The number of hydrogen-bond acceptors (Lipinski definition) is 2. The first-order valence-electron chi connectivity index (χ1n) is 9.45. The fourth-order valence-electron chi connectivity index (χ4n) is 2.52. The maximum absolute atomic E-state index is 6.22. The van der Waals surface area contributed by atoms with E-state index in [-0.39, 0.29) is 16.6 Å². The average molecular weight is 328 g/mol. The summed E-state index contributed by atoms with van der Waals surface area (Å²) in [4.78, 5) is 2.47. The SMILES string of the molecule is CCC(C)(C)COC(C)(C)CCCC(C)(C)CN(C)C(C)(C)C. The molecule has 0 aromatic heterocycles. The third kappa shape index (κ3) is 10.4. The zero-order valence-corrected chi connectivity index (χ0v) is 18.1. The Morgan fingerprint density at radius 3 is 1.74 bits per heavy atom. The summed E-state index contributed by atoms with van der Waals surface area (Å²) in [5, 5.41) is 0. The van der Waals surface area contributed by atoms with Crippen LogP contribution in [0.15, 0.2) is 0 Å². The van der Waals surface area contributed by atoms with E-state index in [1.807, 2.05) is 0 Å². The van der Waals surface area contributed by atoms with E-state index < -0.39 is 0 Å². The molecule has 0 N–H and O–H groups in total. The highest BCUT2D eigenvalue weighted by Crippen LogP contribution is 2.30. The molecule has 140 valence electrons. The smallest absolute Gasteiger partial charge is 0.0626 e. The molecule has 0 aromatic carbocycles. The van der Waals surface area contributed by atoms with Crippen molar-refractivity contribution in [2.75, 3.05) is 20.2 Å². The normalized spacial score (nSPS) is 14.6. The molecule has 0 aliphatic heterocycles. The Kier molecular flexibility index (Phi) is 8.31. The summed E-state index contributed by atoms with van der Waals surface area (Å²) >= 11 is 0. The lowest BCUT2D eigenvalue weighted by molar-refractivity contribution is -0.0623. The van der Waals surface area contributed by atoms with Gasteiger partial charge in [-0.1, -0.05) is 41.0 Å². The van der Waals surface area contributed by atoms with E-state index in [0.29, 0.717) is 5.41 Å². The molecule has 0 radical (unpaired) electrons. The van der Waals surface area contributed by atoms with E-state index >= 15 is 0 Å². The molecule has 23 heavy (non-hydrogen) atoms. The molecule has 0 heterocycles. The minimum absolute atomic E-state index is 0.0154. The summed E-state index contributed by atoms with van der Waals surface area (Å²) in [7, 11) is 2.24. The van der Waals surface area contributed by atoms with Gasteiger partial charge in [-0.25, -0.2) is 0 Å². The van der Waals surface area contributed by atoms with Gasteiger partial charge in [-0.05, 0) is 71.8 Å². The van der Waals surface area contributed by atoms with Gasteiger partial charge in [0.25, 0.3) is 0 Å². The maximum Gasteiger partial charge on any atom is 0.0626 e. The van der Waals surface area contributed by atoms with Crippen molar-refractivity contribution < 1.29 is 4.74 Å². The highest BCUT2D eigenvalue weighted by molar-refractivity contribution is 4.81. The molecule has 0 aliphatic rings. The van der Waals surface area contributed by atoms with Gasteiger partial charge in [0, 0.05) is 12.1 Å². The first-order valence-corrected chi connectivity index (χ1v) is 9.45. The molecule has 0 unspecified atom stereocenters. The molecule has 0 aliphatic carbocycles. The van der Waals surface area contributed by atoms with Crippen LogP contribution >= 0.6 is 0 Å². The quantitative estimate of drug-likeness (QED) is 0.477. The van der Waals surface area contributed by atoms with Crippen LogP contribution in [0.5, 0.6) is 0 Å². The van der Waals surface area contributed by atoms with Crippen LogP contribution in [0.4, 0.5) is 0 Å². The predicted octanol–water partition coefficient (Wildman–Crippen LogP) is 6.14. The average Bonchev–Trinajstić information content (AvgIpc) is 2.34. The first-order chi connectivity index (χ1) is 10.1. The van der Waals surface area contributed by atoms with Gasteiger partial charge in [0.1, 0.15) is 0 Å². The van der Waals surface area contributed by atoms with Crippen molar-refractivity contribution in [1.82, 2.24) is 4.90 Å². The van der Waals surface area contributed by atoms with Gasteiger partial charge in [-0.15, -0.1) is 0 Å². The van der Waals surface area contributed by atoms with Gasteiger partial charge in [-0.2, -0.15) is 0 Å². The Labute approximate surface area is 147 Å². The van der Waals surface area contributed by atoms with Gasteiger partial charge in [0.15, 0.2) is 0 Å². The minimum atomic E-state index is -0.0154. The molecule has 2 nitrogen and oxygen atoms in total. The molecule has 0 amide bonds. The second-order valence-electron chi connectivity index (χ2n) is 10.6. The number of ether oxygens (including phenoxy) is 1. The zero-order valence-electron chi connectivity index (χ0n) is 18.1. The van der Waals surface area contributed by atoms with E-state index in [1.54, 1.807) is 0 Å². The van der Waals surface area contributed by atoms with Crippen LogP contribution in [0.1, 0.15) is 94.9 Å². The standard InChI is InChI=1S/C21H45NO/c1-12-19(5,6)17-23-21(9,10)15-13-14-20(7,8)16-22(11)18(2,3)4/h12-17H2,1-11H3. The van der Waals surface area contributed by atoms with E-state index in [0.717, 1.165) is 26.0 Å². The van der Waals surface area contributed by atoms with Crippen molar-refractivity contribution in [2.24, 2.45) is 10.8 Å². The molecule has 2 heteroatoms. The van der Waals surface area contributed by atoms with Crippen molar-refractivity contribution >= 4 is 0 Å². The molecule has 0 aromatic rings. The number of nitrogens with zero attached hydrogens (tertiary/aromatic N) is 1.